The van der Waals surface area contributed by atoms with E-state index in [0.29, 0.717) is 41.7 Å². The number of benzene rings is 2. The third-order valence-corrected chi connectivity index (χ3v) is 5.36. The molecule has 0 saturated carbocycles. The number of hydrogen-bond donors (Lipinski definition) is 2. The number of ether oxygens (including phenoxy) is 5. The lowest BCUT2D eigenvalue weighted by molar-refractivity contribution is -0.383. The van der Waals surface area contributed by atoms with Gasteiger partial charge in [0.1, 0.15) is 6.33 Å². The molecule has 0 bridgehead atoms. The molecule has 2 N–H and O–H groups in total. The SMILES string of the molecule is COc1cccc(CCNc2ncnc(NCc3cc(OC)c(OC)c(OC)c3)c2[N+](=O)[O-])c1OC. The minimum atomic E-state index is -0.522. The highest BCUT2D eigenvalue weighted by Gasteiger charge is 2.23. The molecule has 3 aromatic rings. The molecule has 36 heavy (non-hydrogen) atoms. The molecule has 0 radical (unpaired) electrons. The highest BCUT2D eigenvalue weighted by atomic mass is 16.6. The molecule has 0 amide bonds. The molecule has 1 aromatic heterocycles. The van der Waals surface area contributed by atoms with Crippen LogP contribution in [0.2, 0.25) is 0 Å². The Kier molecular flexibility index (Phi) is 8.92. The van der Waals surface area contributed by atoms with Crippen LogP contribution in [0.25, 0.3) is 0 Å². The summed E-state index contributed by atoms with van der Waals surface area (Å²) in [4.78, 5) is 19.6. The lowest BCUT2D eigenvalue weighted by Gasteiger charge is -2.15. The van der Waals surface area contributed by atoms with Gasteiger partial charge in [0, 0.05) is 13.1 Å². The summed E-state index contributed by atoms with van der Waals surface area (Å²) < 4.78 is 26.9. The number of hydrogen-bond acceptors (Lipinski definition) is 11. The third-order valence-electron chi connectivity index (χ3n) is 5.36. The van der Waals surface area contributed by atoms with Crippen molar-refractivity contribution in [3.05, 3.63) is 57.9 Å². The Morgan fingerprint density at radius 2 is 1.44 bits per heavy atom. The van der Waals surface area contributed by atoms with Crippen LogP contribution < -0.4 is 34.3 Å². The largest absolute Gasteiger partial charge is 0.493 e. The van der Waals surface area contributed by atoms with Crippen LogP contribution in [0.4, 0.5) is 17.3 Å². The molecular formula is C24H29N5O7. The Labute approximate surface area is 208 Å². The van der Waals surface area contributed by atoms with E-state index in [4.69, 9.17) is 23.7 Å². The molecule has 12 heteroatoms. The lowest BCUT2D eigenvalue weighted by atomic mass is 10.1. The highest BCUT2D eigenvalue weighted by molar-refractivity contribution is 5.69. The standard InChI is InChI=1S/C24H29N5O7/c1-32-17-8-6-7-16(21(17)35-4)9-10-25-23-20(29(30)31)24(28-14-27-23)26-13-15-11-18(33-2)22(36-5)19(12-15)34-3/h6-8,11-12,14H,9-10,13H2,1-5H3,(H2,25,26,27,28). The summed E-state index contributed by atoms with van der Waals surface area (Å²) in [6.07, 6.45) is 1.79. The van der Waals surface area contributed by atoms with Gasteiger partial charge < -0.3 is 34.3 Å². The van der Waals surface area contributed by atoms with Crippen LogP contribution in [0.15, 0.2) is 36.7 Å². The number of para-hydroxylation sites is 1. The molecule has 0 atom stereocenters. The average Bonchev–Trinajstić information content (AvgIpc) is 2.90. The smallest absolute Gasteiger partial charge is 0.353 e. The van der Waals surface area contributed by atoms with Crippen molar-refractivity contribution in [1.29, 1.82) is 0 Å². The zero-order valence-corrected chi connectivity index (χ0v) is 20.8. The van der Waals surface area contributed by atoms with E-state index in [2.05, 4.69) is 20.6 Å². The Hall–Kier alpha value is -4.48. The molecule has 1 heterocycles. The first kappa shape index (κ1) is 26.1. The van der Waals surface area contributed by atoms with Crippen molar-refractivity contribution in [2.24, 2.45) is 0 Å². The summed E-state index contributed by atoms with van der Waals surface area (Å²) in [6, 6.07) is 9.07. The zero-order valence-electron chi connectivity index (χ0n) is 20.8. The molecule has 0 aliphatic heterocycles. The maximum absolute atomic E-state index is 11.9. The van der Waals surface area contributed by atoms with E-state index in [9.17, 15) is 10.1 Å². The zero-order chi connectivity index (χ0) is 26.1. The van der Waals surface area contributed by atoms with Gasteiger partial charge in [0.25, 0.3) is 0 Å². The molecule has 2 aromatic carbocycles. The average molecular weight is 500 g/mol. The number of nitrogens with zero attached hydrogens (tertiary/aromatic N) is 3. The third kappa shape index (κ3) is 5.77. The Bertz CT molecular complexity index is 1180. The van der Waals surface area contributed by atoms with E-state index < -0.39 is 4.92 Å². The van der Waals surface area contributed by atoms with Crippen molar-refractivity contribution in [3.63, 3.8) is 0 Å². The first-order valence-corrected chi connectivity index (χ1v) is 10.9. The molecule has 0 fully saturated rings. The second-order valence-corrected chi connectivity index (χ2v) is 7.39. The summed E-state index contributed by atoms with van der Waals surface area (Å²) in [5.74, 6) is 2.81. The summed E-state index contributed by atoms with van der Waals surface area (Å²) in [5.41, 5.74) is 1.38. The summed E-state index contributed by atoms with van der Waals surface area (Å²) in [7, 11) is 7.68. The van der Waals surface area contributed by atoms with Crippen LogP contribution in [-0.2, 0) is 13.0 Å². The van der Waals surface area contributed by atoms with Gasteiger partial charge in [-0.1, -0.05) is 12.1 Å². The van der Waals surface area contributed by atoms with Gasteiger partial charge in [-0.3, -0.25) is 10.1 Å². The van der Waals surface area contributed by atoms with Crippen molar-refractivity contribution in [3.8, 4) is 28.7 Å². The van der Waals surface area contributed by atoms with Gasteiger partial charge in [-0.05, 0) is 35.7 Å². The van der Waals surface area contributed by atoms with Gasteiger partial charge in [0.15, 0.2) is 23.0 Å². The van der Waals surface area contributed by atoms with Crippen molar-refractivity contribution < 1.29 is 28.6 Å². The van der Waals surface area contributed by atoms with Gasteiger partial charge in [0.05, 0.1) is 40.5 Å². The minimum Gasteiger partial charge on any atom is -0.493 e. The maximum Gasteiger partial charge on any atom is 0.353 e. The van der Waals surface area contributed by atoms with Crippen LogP contribution >= 0.6 is 0 Å². The van der Waals surface area contributed by atoms with Crippen molar-refractivity contribution >= 4 is 17.3 Å². The van der Waals surface area contributed by atoms with Crippen molar-refractivity contribution in [2.75, 3.05) is 52.7 Å². The number of anilines is 2. The first-order chi connectivity index (χ1) is 17.5. The Morgan fingerprint density at radius 1 is 0.833 bits per heavy atom. The fraction of sp³-hybridized carbons (Fsp3) is 0.333. The first-order valence-electron chi connectivity index (χ1n) is 10.9. The molecule has 3 rings (SSSR count). The van der Waals surface area contributed by atoms with Crippen molar-refractivity contribution in [1.82, 2.24) is 9.97 Å². The topological polar surface area (TPSA) is 139 Å². The van der Waals surface area contributed by atoms with E-state index in [0.717, 1.165) is 11.1 Å². The van der Waals surface area contributed by atoms with E-state index in [1.165, 1.54) is 27.7 Å². The lowest BCUT2D eigenvalue weighted by Crippen LogP contribution is -2.12. The molecule has 0 unspecified atom stereocenters. The summed E-state index contributed by atoms with van der Waals surface area (Å²) in [5, 5.41) is 18.0. The molecule has 0 aliphatic rings. The Morgan fingerprint density at radius 3 is 2.00 bits per heavy atom. The molecular weight excluding hydrogens is 470 g/mol. The predicted octanol–water partition coefficient (Wildman–Crippen LogP) is 3.69. The predicted molar refractivity (Wildman–Crippen MR) is 134 cm³/mol. The number of aromatic nitrogens is 2. The van der Waals surface area contributed by atoms with Gasteiger partial charge in [0.2, 0.25) is 17.4 Å². The molecule has 0 saturated heterocycles. The molecule has 192 valence electrons. The number of rotatable bonds is 13. The second-order valence-electron chi connectivity index (χ2n) is 7.39. The van der Waals surface area contributed by atoms with Crippen LogP contribution in [-0.4, -0.2) is 57.0 Å². The normalized spacial score (nSPS) is 10.4. The second kappa shape index (κ2) is 12.3. The molecule has 12 nitrogen and oxygen atoms in total. The molecule has 0 spiro atoms. The fourth-order valence-electron chi connectivity index (χ4n) is 3.70. The summed E-state index contributed by atoms with van der Waals surface area (Å²) in [6.45, 7) is 0.586. The van der Waals surface area contributed by atoms with Crippen LogP contribution in [0.5, 0.6) is 28.7 Å². The van der Waals surface area contributed by atoms with E-state index in [1.807, 2.05) is 12.1 Å². The van der Waals surface area contributed by atoms with Crippen LogP contribution in [0.3, 0.4) is 0 Å². The molecule has 0 aliphatic carbocycles. The Balaban J connectivity index is 1.78. The van der Waals surface area contributed by atoms with Gasteiger partial charge in [-0.2, -0.15) is 0 Å². The fourth-order valence-corrected chi connectivity index (χ4v) is 3.70. The van der Waals surface area contributed by atoms with Gasteiger partial charge in [-0.15, -0.1) is 0 Å². The van der Waals surface area contributed by atoms with Crippen LogP contribution in [0, 0.1) is 10.1 Å². The van der Waals surface area contributed by atoms with Crippen molar-refractivity contribution in [2.45, 2.75) is 13.0 Å². The number of methoxy groups -OCH3 is 5. The summed E-state index contributed by atoms with van der Waals surface area (Å²) >= 11 is 0. The van der Waals surface area contributed by atoms with Gasteiger partial charge >= 0.3 is 5.69 Å². The number of nitro groups is 1. The van der Waals surface area contributed by atoms with E-state index in [1.54, 1.807) is 32.4 Å². The van der Waals surface area contributed by atoms with Gasteiger partial charge in [-0.25, -0.2) is 9.97 Å². The maximum atomic E-state index is 11.9. The minimum absolute atomic E-state index is 0.0743. The monoisotopic (exact) mass is 499 g/mol. The quantitative estimate of drug-likeness (QED) is 0.263. The highest BCUT2D eigenvalue weighted by Crippen LogP contribution is 2.38. The van der Waals surface area contributed by atoms with Crippen LogP contribution in [0.1, 0.15) is 11.1 Å². The van der Waals surface area contributed by atoms with E-state index in [-0.39, 0.29) is 23.9 Å². The van der Waals surface area contributed by atoms with E-state index >= 15 is 0 Å². The number of nitrogens with one attached hydrogen (secondary N) is 2.